The summed E-state index contributed by atoms with van der Waals surface area (Å²) in [5.74, 6) is 2.60. The maximum absolute atomic E-state index is 5.98. The van der Waals surface area contributed by atoms with Crippen molar-refractivity contribution in [1.29, 1.82) is 0 Å². The molecular formula is C21H32ClIN6. The number of aliphatic imine (C=N–C) groups is 1. The molecule has 160 valence electrons. The van der Waals surface area contributed by atoms with Crippen molar-refractivity contribution in [2.24, 2.45) is 10.9 Å². The van der Waals surface area contributed by atoms with Crippen molar-refractivity contribution in [2.75, 3.05) is 33.2 Å². The van der Waals surface area contributed by atoms with Gasteiger partial charge in [-0.05, 0) is 23.6 Å². The van der Waals surface area contributed by atoms with E-state index >= 15 is 0 Å². The Kier molecular flexibility index (Phi) is 9.71. The van der Waals surface area contributed by atoms with Gasteiger partial charge in [-0.15, -0.1) is 24.0 Å². The van der Waals surface area contributed by atoms with E-state index in [1.807, 2.05) is 25.4 Å². The lowest BCUT2D eigenvalue weighted by atomic mass is 10.2. The first kappa shape index (κ1) is 24.0. The Morgan fingerprint density at radius 1 is 1.17 bits per heavy atom. The Morgan fingerprint density at radius 3 is 2.48 bits per heavy atom. The summed E-state index contributed by atoms with van der Waals surface area (Å²) in [4.78, 5) is 13.8. The van der Waals surface area contributed by atoms with Gasteiger partial charge < -0.3 is 14.8 Å². The first-order chi connectivity index (χ1) is 13.5. The van der Waals surface area contributed by atoms with Crippen molar-refractivity contribution >= 4 is 41.5 Å². The van der Waals surface area contributed by atoms with Gasteiger partial charge in [-0.2, -0.15) is 0 Å². The lowest BCUT2D eigenvalue weighted by molar-refractivity contribution is 0.172. The summed E-state index contributed by atoms with van der Waals surface area (Å²) in [6.07, 6.45) is 3.92. The van der Waals surface area contributed by atoms with Crippen LogP contribution in [0.1, 0.15) is 25.2 Å². The average Bonchev–Trinajstić information content (AvgIpc) is 3.11. The second-order valence-electron chi connectivity index (χ2n) is 7.68. The van der Waals surface area contributed by atoms with Crippen molar-refractivity contribution in [3.63, 3.8) is 0 Å². The van der Waals surface area contributed by atoms with Crippen LogP contribution in [0.2, 0.25) is 5.02 Å². The number of guanidine groups is 1. The minimum atomic E-state index is 0. The number of nitrogens with one attached hydrogen (secondary N) is 1. The van der Waals surface area contributed by atoms with Gasteiger partial charge in [-0.25, -0.2) is 4.98 Å². The first-order valence-corrected chi connectivity index (χ1v) is 10.4. The van der Waals surface area contributed by atoms with Gasteiger partial charge in [0, 0.05) is 63.7 Å². The van der Waals surface area contributed by atoms with E-state index in [1.54, 1.807) is 0 Å². The number of piperazine rings is 1. The van der Waals surface area contributed by atoms with E-state index in [0.29, 0.717) is 12.5 Å². The fourth-order valence-corrected chi connectivity index (χ4v) is 3.65. The highest BCUT2D eigenvalue weighted by Crippen LogP contribution is 2.13. The van der Waals surface area contributed by atoms with Crippen molar-refractivity contribution in [3.05, 3.63) is 53.1 Å². The fraction of sp³-hybridized carbons (Fsp3) is 0.524. The molecule has 1 aliphatic rings. The zero-order chi connectivity index (χ0) is 19.9. The zero-order valence-electron chi connectivity index (χ0n) is 17.5. The van der Waals surface area contributed by atoms with Crippen LogP contribution in [0.5, 0.6) is 0 Å². The van der Waals surface area contributed by atoms with Crippen LogP contribution in [0, 0.1) is 5.92 Å². The van der Waals surface area contributed by atoms with Crippen LogP contribution in [0.25, 0.3) is 0 Å². The number of aromatic nitrogens is 2. The molecule has 3 rings (SSSR count). The monoisotopic (exact) mass is 530 g/mol. The van der Waals surface area contributed by atoms with E-state index in [9.17, 15) is 0 Å². The normalized spacial score (nSPS) is 15.5. The van der Waals surface area contributed by atoms with Gasteiger partial charge in [0.2, 0.25) is 0 Å². The Labute approximate surface area is 196 Å². The number of hydrogen-bond acceptors (Lipinski definition) is 3. The molecule has 0 bridgehead atoms. The highest BCUT2D eigenvalue weighted by molar-refractivity contribution is 14.0. The molecular weight excluding hydrogens is 499 g/mol. The highest BCUT2D eigenvalue weighted by atomic mass is 127. The summed E-state index contributed by atoms with van der Waals surface area (Å²) in [6.45, 7) is 11.1. The summed E-state index contributed by atoms with van der Waals surface area (Å²) in [7, 11) is 1.85. The molecule has 0 spiro atoms. The number of rotatable bonds is 6. The molecule has 0 aliphatic carbocycles. The molecule has 0 amide bonds. The number of imidazole rings is 1. The summed E-state index contributed by atoms with van der Waals surface area (Å²) in [6, 6.07) is 8.13. The number of hydrogen-bond donors (Lipinski definition) is 1. The van der Waals surface area contributed by atoms with Gasteiger partial charge in [0.1, 0.15) is 5.82 Å². The van der Waals surface area contributed by atoms with E-state index in [4.69, 9.17) is 11.6 Å². The largest absolute Gasteiger partial charge is 0.349 e. The van der Waals surface area contributed by atoms with E-state index < -0.39 is 0 Å². The van der Waals surface area contributed by atoms with Gasteiger partial charge in [0.05, 0.1) is 6.54 Å². The molecule has 0 atom stereocenters. The topological polar surface area (TPSA) is 48.7 Å². The number of benzene rings is 1. The van der Waals surface area contributed by atoms with Crippen molar-refractivity contribution < 1.29 is 0 Å². The highest BCUT2D eigenvalue weighted by Gasteiger charge is 2.20. The SMILES string of the molecule is CN=C(NCc1nccn1CC(C)C)N1CCN(Cc2ccc(Cl)cc2)CC1.I. The average molecular weight is 531 g/mol. The maximum atomic E-state index is 5.98. The standard InChI is InChI=1S/C21H31ClN6.HI/c1-17(2)15-28-9-8-24-20(28)14-25-21(23-3)27-12-10-26(11-13-27)16-18-4-6-19(22)7-5-18;/h4-9,17H,10-16H2,1-3H3,(H,23,25);1H. The molecule has 6 nitrogen and oxygen atoms in total. The molecule has 1 aliphatic heterocycles. The Morgan fingerprint density at radius 2 is 1.86 bits per heavy atom. The van der Waals surface area contributed by atoms with Gasteiger partial charge >= 0.3 is 0 Å². The van der Waals surface area contributed by atoms with Crippen molar-refractivity contribution in [2.45, 2.75) is 33.5 Å². The first-order valence-electron chi connectivity index (χ1n) is 9.97. The molecule has 0 unspecified atom stereocenters. The molecule has 2 aromatic rings. The molecule has 29 heavy (non-hydrogen) atoms. The van der Waals surface area contributed by atoms with Crippen molar-refractivity contribution in [1.82, 2.24) is 24.7 Å². The predicted octanol–water partition coefficient (Wildman–Crippen LogP) is 3.70. The number of nitrogens with zero attached hydrogens (tertiary/aromatic N) is 5. The molecule has 1 fully saturated rings. The minimum Gasteiger partial charge on any atom is -0.349 e. The van der Waals surface area contributed by atoms with Crippen LogP contribution in [-0.2, 0) is 19.6 Å². The summed E-state index contributed by atoms with van der Waals surface area (Å²) < 4.78 is 2.22. The van der Waals surface area contributed by atoms with Crippen molar-refractivity contribution in [3.8, 4) is 0 Å². The van der Waals surface area contributed by atoms with E-state index in [2.05, 4.69) is 61.8 Å². The third kappa shape index (κ3) is 7.15. The van der Waals surface area contributed by atoms with E-state index in [1.165, 1.54) is 5.56 Å². The summed E-state index contributed by atoms with van der Waals surface area (Å²) >= 11 is 5.98. The maximum Gasteiger partial charge on any atom is 0.194 e. The van der Waals surface area contributed by atoms with E-state index in [-0.39, 0.29) is 24.0 Å². The Hall–Kier alpha value is -1.32. The lowest BCUT2D eigenvalue weighted by Crippen LogP contribution is -2.52. The van der Waals surface area contributed by atoms with Gasteiger partial charge in [-0.3, -0.25) is 9.89 Å². The lowest BCUT2D eigenvalue weighted by Gasteiger charge is -2.36. The minimum absolute atomic E-state index is 0. The Balaban J connectivity index is 0.00000300. The Bertz CT molecular complexity index is 766. The third-order valence-corrected chi connectivity index (χ3v) is 5.22. The fourth-order valence-electron chi connectivity index (χ4n) is 3.52. The number of halogens is 2. The van der Waals surface area contributed by atoms with Crippen LogP contribution in [0.4, 0.5) is 0 Å². The van der Waals surface area contributed by atoms with Crippen LogP contribution in [0.3, 0.4) is 0 Å². The zero-order valence-corrected chi connectivity index (χ0v) is 20.6. The quantitative estimate of drug-likeness (QED) is 0.352. The molecule has 0 radical (unpaired) electrons. The second kappa shape index (κ2) is 11.8. The van der Waals surface area contributed by atoms with Gasteiger partial charge in [-0.1, -0.05) is 37.6 Å². The van der Waals surface area contributed by atoms with Crippen LogP contribution in [0.15, 0.2) is 41.7 Å². The van der Waals surface area contributed by atoms with Gasteiger partial charge in [0.25, 0.3) is 0 Å². The van der Waals surface area contributed by atoms with Crippen LogP contribution >= 0.6 is 35.6 Å². The molecule has 1 aromatic heterocycles. The second-order valence-corrected chi connectivity index (χ2v) is 8.12. The molecule has 1 N–H and O–H groups in total. The van der Waals surface area contributed by atoms with Crippen LogP contribution in [-0.4, -0.2) is 58.5 Å². The predicted molar refractivity (Wildman–Crippen MR) is 131 cm³/mol. The molecule has 0 saturated carbocycles. The van der Waals surface area contributed by atoms with Gasteiger partial charge in [0.15, 0.2) is 5.96 Å². The molecule has 2 heterocycles. The molecule has 1 saturated heterocycles. The smallest absolute Gasteiger partial charge is 0.194 e. The molecule has 1 aromatic carbocycles. The summed E-state index contributed by atoms with van der Waals surface area (Å²) in [5.41, 5.74) is 1.30. The molecule has 8 heteroatoms. The summed E-state index contributed by atoms with van der Waals surface area (Å²) in [5, 5.41) is 4.27. The third-order valence-electron chi connectivity index (χ3n) is 4.97. The van der Waals surface area contributed by atoms with E-state index in [0.717, 1.165) is 56.1 Å². The van der Waals surface area contributed by atoms with Crippen LogP contribution < -0.4 is 5.32 Å².